The predicted molar refractivity (Wildman–Crippen MR) is 132 cm³/mol. The van der Waals surface area contributed by atoms with Crippen molar-refractivity contribution in [3.05, 3.63) is 83.4 Å². The third kappa shape index (κ3) is 6.08. The van der Waals surface area contributed by atoms with Crippen molar-refractivity contribution in [2.45, 2.75) is 13.5 Å². The molecule has 35 heavy (non-hydrogen) atoms. The largest absolute Gasteiger partial charge is 0.454 e. The summed E-state index contributed by atoms with van der Waals surface area (Å²) in [5.41, 5.74) is 2.79. The van der Waals surface area contributed by atoms with Crippen LogP contribution in [0.5, 0.6) is 11.5 Å². The second-order valence-electron chi connectivity index (χ2n) is 7.76. The Balaban J connectivity index is 1.33. The molecule has 0 saturated carbocycles. The van der Waals surface area contributed by atoms with Gasteiger partial charge in [-0.15, -0.1) is 0 Å². The van der Waals surface area contributed by atoms with Crippen LogP contribution in [0.15, 0.2) is 66.7 Å². The van der Waals surface area contributed by atoms with Gasteiger partial charge in [-0.2, -0.15) is 0 Å². The van der Waals surface area contributed by atoms with Crippen LogP contribution in [0.1, 0.15) is 33.2 Å². The monoisotopic (exact) mass is 474 g/mol. The molecule has 0 aliphatic carbocycles. The molecule has 0 fully saturated rings. The van der Waals surface area contributed by atoms with E-state index in [9.17, 15) is 14.4 Å². The van der Waals surface area contributed by atoms with E-state index in [1.807, 2.05) is 25.1 Å². The number of fused-ring (bicyclic) bond motifs is 1. The van der Waals surface area contributed by atoms with E-state index in [1.165, 1.54) is 0 Å². The summed E-state index contributed by atoms with van der Waals surface area (Å²) >= 11 is 0. The fraction of sp³-hybridized carbons (Fsp3) is 0.192. The number of ether oxygens (including phenoxy) is 2. The van der Waals surface area contributed by atoms with E-state index in [4.69, 9.17) is 9.47 Å². The molecule has 1 aliphatic heterocycles. The van der Waals surface area contributed by atoms with Crippen LogP contribution in [0.25, 0.3) is 0 Å². The van der Waals surface area contributed by atoms with E-state index < -0.39 is 0 Å². The minimum Gasteiger partial charge on any atom is -0.454 e. The smallest absolute Gasteiger partial charge is 0.253 e. The Morgan fingerprint density at radius 2 is 1.69 bits per heavy atom. The zero-order chi connectivity index (χ0) is 24.6. The summed E-state index contributed by atoms with van der Waals surface area (Å²) in [6.07, 6.45) is 0. The normalized spacial score (nSPS) is 11.5. The van der Waals surface area contributed by atoms with Crippen molar-refractivity contribution in [3.63, 3.8) is 0 Å². The second kappa shape index (κ2) is 11.1. The number of hydrogen-bond acceptors (Lipinski definition) is 6. The average Bonchev–Trinajstić information content (AvgIpc) is 3.34. The van der Waals surface area contributed by atoms with Gasteiger partial charge in [-0.1, -0.05) is 24.3 Å². The number of amides is 3. The van der Waals surface area contributed by atoms with E-state index in [0.717, 1.165) is 5.56 Å². The highest BCUT2D eigenvalue weighted by Crippen LogP contribution is 2.32. The van der Waals surface area contributed by atoms with E-state index >= 15 is 0 Å². The van der Waals surface area contributed by atoms with Gasteiger partial charge in [-0.25, -0.2) is 0 Å². The number of hydrogen-bond donors (Lipinski definition) is 4. The lowest BCUT2D eigenvalue weighted by Gasteiger charge is -2.13. The van der Waals surface area contributed by atoms with Crippen LogP contribution >= 0.6 is 0 Å². The summed E-state index contributed by atoms with van der Waals surface area (Å²) in [5, 5.41) is 11.4. The zero-order valence-electron chi connectivity index (χ0n) is 19.2. The number of carbonyl (C=O) groups is 3. The van der Waals surface area contributed by atoms with Gasteiger partial charge in [0.05, 0.1) is 12.1 Å². The summed E-state index contributed by atoms with van der Waals surface area (Å²) in [6.45, 7) is 2.80. The number of para-hydroxylation sites is 1. The maximum atomic E-state index is 12.8. The Labute approximate surface area is 202 Å². The molecule has 3 amide bonds. The molecule has 180 valence electrons. The van der Waals surface area contributed by atoms with Gasteiger partial charge in [0.15, 0.2) is 11.5 Å². The number of anilines is 2. The van der Waals surface area contributed by atoms with Gasteiger partial charge in [0.2, 0.25) is 12.7 Å². The standard InChI is InChI=1S/C26H26N4O5/c1-2-27-25(32)18-6-5-7-19(13-18)30-24(31)15-28-21-9-4-3-8-20(21)26(33)29-14-17-10-11-22-23(12-17)35-16-34-22/h3-13,28H,2,14-16H2,1H3,(H,27,32)(H,29,33)(H,30,31). The highest BCUT2D eigenvalue weighted by molar-refractivity contribution is 6.01. The molecule has 9 heteroatoms. The van der Waals surface area contributed by atoms with Gasteiger partial charge in [0.25, 0.3) is 11.8 Å². The molecule has 0 aromatic heterocycles. The Bertz CT molecular complexity index is 1240. The summed E-state index contributed by atoms with van der Waals surface area (Å²) in [5.74, 6) is 0.544. The molecular formula is C26H26N4O5. The van der Waals surface area contributed by atoms with E-state index in [2.05, 4.69) is 21.3 Å². The number of benzene rings is 3. The van der Waals surface area contributed by atoms with Crippen molar-refractivity contribution in [1.82, 2.24) is 10.6 Å². The molecule has 0 unspecified atom stereocenters. The molecule has 0 radical (unpaired) electrons. The highest BCUT2D eigenvalue weighted by atomic mass is 16.7. The molecular weight excluding hydrogens is 448 g/mol. The fourth-order valence-electron chi connectivity index (χ4n) is 3.55. The van der Waals surface area contributed by atoms with E-state index in [0.29, 0.717) is 47.1 Å². The first kappa shape index (κ1) is 23.6. The second-order valence-corrected chi connectivity index (χ2v) is 7.76. The van der Waals surface area contributed by atoms with E-state index in [-0.39, 0.29) is 31.1 Å². The fourth-order valence-corrected chi connectivity index (χ4v) is 3.55. The molecule has 0 bridgehead atoms. The lowest BCUT2D eigenvalue weighted by atomic mass is 10.1. The molecule has 4 rings (SSSR count). The van der Waals surface area contributed by atoms with Crippen molar-refractivity contribution < 1.29 is 23.9 Å². The third-order valence-electron chi connectivity index (χ3n) is 5.25. The Kier molecular flexibility index (Phi) is 7.47. The average molecular weight is 475 g/mol. The number of nitrogens with one attached hydrogen (secondary N) is 4. The lowest BCUT2D eigenvalue weighted by Crippen LogP contribution is -2.26. The highest BCUT2D eigenvalue weighted by Gasteiger charge is 2.15. The molecule has 4 N–H and O–H groups in total. The Morgan fingerprint density at radius 1 is 0.857 bits per heavy atom. The molecule has 3 aromatic carbocycles. The third-order valence-corrected chi connectivity index (χ3v) is 5.25. The van der Waals surface area contributed by atoms with Crippen molar-refractivity contribution in [1.29, 1.82) is 0 Å². The van der Waals surface area contributed by atoms with Crippen molar-refractivity contribution in [2.75, 3.05) is 30.5 Å². The first-order valence-electron chi connectivity index (χ1n) is 11.2. The van der Waals surface area contributed by atoms with Crippen LogP contribution < -0.4 is 30.7 Å². The van der Waals surface area contributed by atoms with Crippen LogP contribution in [0, 0.1) is 0 Å². The SMILES string of the molecule is CCNC(=O)c1cccc(NC(=O)CNc2ccccc2C(=O)NCc2ccc3c(c2)OCO3)c1. The van der Waals surface area contributed by atoms with Crippen LogP contribution in [0.2, 0.25) is 0 Å². The van der Waals surface area contributed by atoms with E-state index in [1.54, 1.807) is 48.5 Å². The first-order valence-corrected chi connectivity index (χ1v) is 11.2. The molecule has 1 aliphatic rings. The topological polar surface area (TPSA) is 118 Å². The summed E-state index contributed by atoms with van der Waals surface area (Å²) in [4.78, 5) is 37.3. The minimum atomic E-state index is -0.311. The van der Waals surface area contributed by atoms with Crippen LogP contribution in [-0.4, -0.2) is 37.6 Å². The maximum absolute atomic E-state index is 12.8. The van der Waals surface area contributed by atoms with Crippen LogP contribution in [-0.2, 0) is 11.3 Å². The number of carbonyl (C=O) groups excluding carboxylic acids is 3. The minimum absolute atomic E-state index is 0.0577. The molecule has 1 heterocycles. The quantitative estimate of drug-likeness (QED) is 0.379. The predicted octanol–water partition coefficient (Wildman–Crippen LogP) is 3.15. The van der Waals surface area contributed by atoms with Crippen molar-refractivity contribution in [3.8, 4) is 11.5 Å². The van der Waals surface area contributed by atoms with Gasteiger partial charge in [-0.3, -0.25) is 14.4 Å². The molecule has 0 saturated heterocycles. The maximum Gasteiger partial charge on any atom is 0.253 e. The molecule has 0 atom stereocenters. The van der Waals surface area contributed by atoms with Gasteiger partial charge in [0, 0.05) is 30.0 Å². The molecule has 9 nitrogen and oxygen atoms in total. The Morgan fingerprint density at radius 3 is 2.54 bits per heavy atom. The van der Waals surface area contributed by atoms with Gasteiger partial charge in [0.1, 0.15) is 0 Å². The lowest BCUT2D eigenvalue weighted by molar-refractivity contribution is -0.114. The van der Waals surface area contributed by atoms with Gasteiger partial charge >= 0.3 is 0 Å². The summed E-state index contributed by atoms with van der Waals surface area (Å²) < 4.78 is 10.7. The van der Waals surface area contributed by atoms with Gasteiger partial charge < -0.3 is 30.7 Å². The summed E-state index contributed by atoms with van der Waals surface area (Å²) in [7, 11) is 0. The van der Waals surface area contributed by atoms with Crippen LogP contribution in [0.4, 0.5) is 11.4 Å². The Hall–Kier alpha value is -4.53. The van der Waals surface area contributed by atoms with Crippen LogP contribution in [0.3, 0.4) is 0 Å². The molecule has 3 aromatic rings. The van der Waals surface area contributed by atoms with Crippen molar-refractivity contribution >= 4 is 29.1 Å². The van der Waals surface area contributed by atoms with Crippen molar-refractivity contribution in [2.24, 2.45) is 0 Å². The molecule has 0 spiro atoms. The summed E-state index contributed by atoms with van der Waals surface area (Å²) in [6, 6.07) is 19.2. The first-order chi connectivity index (χ1) is 17.0. The van der Waals surface area contributed by atoms with Gasteiger partial charge in [-0.05, 0) is 55.0 Å². The number of rotatable bonds is 9. The zero-order valence-corrected chi connectivity index (χ0v) is 19.2.